The van der Waals surface area contributed by atoms with Gasteiger partial charge in [-0.15, -0.1) is 0 Å². The van der Waals surface area contributed by atoms with Gasteiger partial charge in [0.1, 0.15) is 5.82 Å². The Morgan fingerprint density at radius 3 is 2.67 bits per heavy atom. The zero-order valence-corrected chi connectivity index (χ0v) is 10.3. The predicted molar refractivity (Wildman–Crippen MR) is 65.2 cm³/mol. The molecule has 1 aromatic carbocycles. The molecule has 1 rings (SSSR count). The summed E-state index contributed by atoms with van der Waals surface area (Å²) in [5.41, 5.74) is 0.205. The molecular weight excluding hydrogens is 261 g/mol. The van der Waals surface area contributed by atoms with Crippen molar-refractivity contribution in [2.24, 2.45) is 0 Å². The first kappa shape index (κ1) is 14.4. The van der Waals surface area contributed by atoms with E-state index in [0.717, 1.165) is 12.1 Å². The van der Waals surface area contributed by atoms with E-state index in [1.807, 2.05) is 0 Å². The van der Waals surface area contributed by atoms with Crippen molar-refractivity contribution in [2.75, 3.05) is 6.54 Å². The van der Waals surface area contributed by atoms with Gasteiger partial charge in [-0.25, -0.2) is 4.39 Å². The first-order valence-electron chi connectivity index (χ1n) is 5.45. The Balaban J connectivity index is 2.39. The summed E-state index contributed by atoms with van der Waals surface area (Å²) in [6.45, 7) is 0.361. The zero-order chi connectivity index (χ0) is 13.5. The minimum absolute atomic E-state index is 0.0537. The largest absolute Gasteiger partial charge is 0.481 e. The summed E-state index contributed by atoms with van der Waals surface area (Å²) in [7, 11) is 0. The normalized spacial score (nSPS) is 10.1. The minimum Gasteiger partial charge on any atom is -0.481 e. The first-order valence-corrected chi connectivity index (χ1v) is 5.83. The molecule has 6 heteroatoms. The second-order valence-corrected chi connectivity index (χ2v) is 4.14. The van der Waals surface area contributed by atoms with Crippen LogP contribution in [0.4, 0.5) is 4.39 Å². The summed E-state index contributed by atoms with van der Waals surface area (Å²) in [4.78, 5) is 21.9. The van der Waals surface area contributed by atoms with Crippen LogP contribution in [0, 0.1) is 5.82 Å². The second kappa shape index (κ2) is 6.96. The average molecular weight is 274 g/mol. The standard InChI is InChI=1S/C12H13ClFNO3/c13-10-7-8(14)4-5-9(10)12(18)15-6-2-1-3-11(16)17/h4-5,7H,1-3,6H2,(H,15,18)(H,16,17). The number of halogens is 2. The summed E-state index contributed by atoms with van der Waals surface area (Å²) < 4.78 is 12.8. The lowest BCUT2D eigenvalue weighted by atomic mass is 10.2. The van der Waals surface area contributed by atoms with Gasteiger partial charge in [0, 0.05) is 13.0 Å². The van der Waals surface area contributed by atoms with E-state index in [0.29, 0.717) is 19.4 Å². The third-order valence-electron chi connectivity index (χ3n) is 2.28. The van der Waals surface area contributed by atoms with Gasteiger partial charge in [0.15, 0.2) is 0 Å². The summed E-state index contributed by atoms with van der Waals surface area (Å²) in [5, 5.41) is 11.1. The molecule has 1 amide bonds. The lowest BCUT2D eigenvalue weighted by molar-refractivity contribution is -0.137. The van der Waals surface area contributed by atoms with Crippen LogP contribution in [0.2, 0.25) is 5.02 Å². The van der Waals surface area contributed by atoms with Crippen LogP contribution in [0.3, 0.4) is 0 Å². The third kappa shape index (κ3) is 4.71. The third-order valence-corrected chi connectivity index (χ3v) is 2.59. The molecule has 4 nitrogen and oxygen atoms in total. The summed E-state index contributed by atoms with van der Waals surface area (Å²) in [6, 6.07) is 3.54. The molecule has 0 bridgehead atoms. The number of nitrogens with one attached hydrogen (secondary N) is 1. The van der Waals surface area contributed by atoms with Crippen LogP contribution in [0.5, 0.6) is 0 Å². The maximum Gasteiger partial charge on any atom is 0.303 e. The molecule has 0 aliphatic heterocycles. The van der Waals surface area contributed by atoms with Crippen molar-refractivity contribution in [1.82, 2.24) is 5.32 Å². The molecule has 0 saturated heterocycles. The van der Waals surface area contributed by atoms with Crippen molar-refractivity contribution < 1.29 is 19.1 Å². The van der Waals surface area contributed by atoms with Crippen LogP contribution in [-0.2, 0) is 4.79 Å². The monoisotopic (exact) mass is 273 g/mol. The van der Waals surface area contributed by atoms with Crippen LogP contribution in [0.25, 0.3) is 0 Å². The number of hydrogen-bond acceptors (Lipinski definition) is 2. The molecule has 0 aliphatic rings. The number of benzene rings is 1. The molecule has 1 aromatic rings. The molecule has 0 unspecified atom stereocenters. The van der Waals surface area contributed by atoms with Gasteiger partial charge in [-0.1, -0.05) is 11.6 Å². The van der Waals surface area contributed by atoms with Gasteiger partial charge in [-0.05, 0) is 31.0 Å². The number of carbonyl (C=O) groups is 2. The summed E-state index contributed by atoms with van der Waals surface area (Å²) in [6.07, 6.45) is 1.14. The van der Waals surface area contributed by atoms with Gasteiger partial charge in [-0.2, -0.15) is 0 Å². The Kier molecular flexibility index (Phi) is 5.58. The molecule has 18 heavy (non-hydrogen) atoms. The predicted octanol–water partition coefficient (Wildman–Crippen LogP) is 2.46. The molecule has 0 aliphatic carbocycles. The molecule has 0 fully saturated rings. The molecule has 0 radical (unpaired) electrons. The van der Waals surface area contributed by atoms with E-state index in [9.17, 15) is 14.0 Å². The Bertz CT molecular complexity index is 451. The molecule has 0 atom stereocenters. The van der Waals surface area contributed by atoms with Gasteiger partial charge < -0.3 is 10.4 Å². The molecule has 98 valence electrons. The second-order valence-electron chi connectivity index (χ2n) is 3.73. The molecule has 0 saturated carbocycles. The van der Waals surface area contributed by atoms with Crippen molar-refractivity contribution >= 4 is 23.5 Å². The Morgan fingerprint density at radius 1 is 1.33 bits per heavy atom. The van der Waals surface area contributed by atoms with E-state index in [-0.39, 0.29) is 17.0 Å². The Labute approximate surface area is 109 Å². The van der Waals surface area contributed by atoms with E-state index in [1.165, 1.54) is 6.07 Å². The number of carboxylic acids is 1. The Morgan fingerprint density at radius 2 is 2.06 bits per heavy atom. The maximum absolute atomic E-state index is 12.8. The summed E-state index contributed by atoms with van der Waals surface area (Å²) in [5.74, 6) is -1.75. The lowest BCUT2D eigenvalue weighted by Crippen LogP contribution is -2.24. The molecule has 0 heterocycles. The fraction of sp³-hybridized carbons (Fsp3) is 0.333. The fourth-order valence-electron chi connectivity index (χ4n) is 1.37. The van der Waals surface area contributed by atoms with Gasteiger partial charge in [0.2, 0.25) is 0 Å². The summed E-state index contributed by atoms with van der Waals surface area (Å²) >= 11 is 5.73. The SMILES string of the molecule is O=C(O)CCCCNC(=O)c1ccc(F)cc1Cl. The van der Waals surface area contributed by atoms with Crippen LogP contribution >= 0.6 is 11.6 Å². The van der Waals surface area contributed by atoms with Crippen LogP contribution in [0.1, 0.15) is 29.6 Å². The maximum atomic E-state index is 12.8. The van der Waals surface area contributed by atoms with Crippen molar-refractivity contribution in [3.05, 3.63) is 34.6 Å². The van der Waals surface area contributed by atoms with Crippen LogP contribution < -0.4 is 5.32 Å². The topological polar surface area (TPSA) is 66.4 Å². The highest BCUT2D eigenvalue weighted by Gasteiger charge is 2.10. The van der Waals surface area contributed by atoms with Crippen molar-refractivity contribution in [1.29, 1.82) is 0 Å². The van der Waals surface area contributed by atoms with E-state index < -0.39 is 17.7 Å². The smallest absolute Gasteiger partial charge is 0.303 e. The lowest BCUT2D eigenvalue weighted by Gasteiger charge is -2.06. The highest BCUT2D eigenvalue weighted by Crippen LogP contribution is 2.16. The molecular formula is C12H13ClFNO3. The van der Waals surface area contributed by atoms with Crippen LogP contribution in [0.15, 0.2) is 18.2 Å². The number of carbonyl (C=O) groups excluding carboxylic acids is 1. The number of amides is 1. The number of aliphatic carboxylic acids is 1. The minimum atomic E-state index is -0.858. The van der Waals surface area contributed by atoms with Crippen LogP contribution in [-0.4, -0.2) is 23.5 Å². The van der Waals surface area contributed by atoms with Gasteiger partial charge in [0.05, 0.1) is 10.6 Å². The Hall–Kier alpha value is -1.62. The number of rotatable bonds is 6. The average Bonchev–Trinajstić information content (AvgIpc) is 2.27. The van der Waals surface area contributed by atoms with E-state index in [4.69, 9.17) is 16.7 Å². The molecule has 2 N–H and O–H groups in total. The first-order chi connectivity index (χ1) is 8.50. The van der Waals surface area contributed by atoms with Gasteiger partial charge in [0.25, 0.3) is 5.91 Å². The quantitative estimate of drug-likeness (QED) is 0.783. The van der Waals surface area contributed by atoms with Gasteiger partial charge in [-0.3, -0.25) is 9.59 Å². The van der Waals surface area contributed by atoms with Crippen molar-refractivity contribution in [3.8, 4) is 0 Å². The van der Waals surface area contributed by atoms with E-state index >= 15 is 0 Å². The van der Waals surface area contributed by atoms with Crippen molar-refractivity contribution in [2.45, 2.75) is 19.3 Å². The highest BCUT2D eigenvalue weighted by atomic mass is 35.5. The van der Waals surface area contributed by atoms with Crippen molar-refractivity contribution in [3.63, 3.8) is 0 Å². The number of unbranched alkanes of at least 4 members (excludes halogenated alkanes) is 1. The van der Waals surface area contributed by atoms with Gasteiger partial charge >= 0.3 is 5.97 Å². The molecule has 0 aromatic heterocycles. The van der Waals surface area contributed by atoms with E-state index in [1.54, 1.807) is 0 Å². The number of carboxylic acid groups (broad SMARTS) is 1. The molecule has 0 spiro atoms. The fourth-order valence-corrected chi connectivity index (χ4v) is 1.63. The zero-order valence-electron chi connectivity index (χ0n) is 9.58. The highest BCUT2D eigenvalue weighted by molar-refractivity contribution is 6.33. The van der Waals surface area contributed by atoms with E-state index in [2.05, 4.69) is 5.32 Å². The number of hydrogen-bond donors (Lipinski definition) is 2.